The van der Waals surface area contributed by atoms with E-state index in [2.05, 4.69) is 26.2 Å². The van der Waals surface area contributed by atoms with E-state index in [4.69, 9.17) is 0 Å². The summed E-state index contributed by atoms with van der Waals surface area (Å²) < 4.78 is 0. The first kappa shape index (κ1) is 12.6. The second-order valence-electron chi connectivity index (χ2n) is 3.45. The van der Waals surface area contributed by atoms with E-state index in [1.165, 1.54) is 11.3 Å². The normalized spacial score (nSPS) is 12.5. The molecule has 0 aromatic carbocycles. The third-order valence-corrected chi connectivity index (χ3v) is 3.47. The number of halogens is 1. The van der Waals surface area contributed by atoms with Crippen molar-refractivity contribution in [1.29, 1.82) is 0 Å². The predicted octanol–water partition coefficient (Wildman–Crippen LogP) is 2.74. The Morgan fingerprint density at radius 1 is 1.73 bits per heavy atom. The van der Waals surface area contributed by atoms with Crippen molar-refractivity contribution in [3.8, 4) is 0 Å². The van der Waals surface area contributed by atoms with Crippen molar-refractivity contribution in [2.75, 3.05) is 5.33 Å². The Balaban J connectivity index is 2.42. The van der Waals surface area contributed by atoms with Crippen molar-refractivity contribution < 1.29 is 4.79 Å². The van der Waals surface area contributed by atoms with Gasteiger partial charge in [-0.1, -0.05) is 15.9 Å². The molecule has 0 spiro atoms. The molecule has 0 saturated heterocycles. The Morgan fingerprint density at radius 3 is 3.00 bits per heavy atom. The van der Waals surface area contributed by atoms with Crippen LogP contribution in [0.3, 0.4) is 0 Å². The van der Waals surface area contributed by atoms with Crippen LogP contribution >= 0.6 is 27.3 Å². The first-order valence-corrected chi connectivity index (χ1v) is 6.86. The third kappa shape index (κ3) is 4.30. The predicted molar refractivity (Wildman–Crippen MR) is 66.8 cm³/mol. The van der Waals surface area contributed by atoms with Crippen LogP contribution in [0.2, 0.25) is 0 Å². The van der Waals surface area contributed by atoms with Gasteiger partial charge in [0, 0.05) is 11.4 Å². The molecule has 1 rings (SSSR count). The molecule has 0 saturated carbocycles. The van der Waals surface area contributed by atoms with E-state index in [9.17, 15) is 4.79 Å². The number of aromatic nitrogens is 1. The van der Waals surface area contributed by atoms with E-state index in [-0.39, 0.29) is 11.9 Å². The minimum Gasteiger partial charge on any atom is -0.349 e. The highest BCUT2D eigenvalue weighted by atomic mass is 79.9. The number of carbonyl (C=O) groups excluding carboxylic acids is 1. The highest BCUT2D eigenvalue weighted by molar-refractivity contribution is 9.09. The summed E-state index contributed by atoms with van der Waals surface area (Å²) in [5.41, 5.74) is 0. The van der Waals surface area contributed by atoms with E-state index >= 15 is 0 Å². The molecular formula is C10H15BrN2OS. The summed E-state index contributed by atoms with van der Waals surface area (Å²) in [5.74, 6) is -0.0114. The summed E-state index contributed by atoms with van der Waals surface area (Å²) in [6, 6.07) is 0.220. The number of nitrogens with zero attached hydrogens (tertiary/aromatic N) is 1. The van der Waals surface area contributed by atoms with Gasteiger partial charge in [0.05, 0.1) is 11.2 Å². The summed E-state index contributed by atoms with van der Waals surface area (Å²) in [6.45, 7) is 3.92. The van der Waals surface area contributed by atoms with Crippen LogP contribution < -0.4 is 5.32 Å². The Morgan fingerprint density at radius 2 is 2.47 bits per heavy atom. The van der Waals surface area contributed by atoms with E-state index in [0.717, 1.165) is 23.2 Å². The van der Waals surface area contributed by atoms with Crippen LogP contribution in [0.5, 0.6) is 0 Å². The number of aryl methyl sites for hydroxylation is 1. The molecule has 1 amide bonds. The molecule has 3 nitrogen and oxygen atoms in total. The molecule has 0 radical (unpaired) electrons. The second-order valence-corrected chi connectivity index (χ2v) is 5.48. The zero-order chi connectivity index (χ0) is 11.3. The Kier molecular flexibility index (Phi) is 5.25. The minimum absolute atomic E-state index is 0.0114. The van der Waals surface area contributed by atoms with Gasteiger partial charge >= 0.3 is 0 Å². The van der Waals surface area contributed by atoms with Crippen molar-refractivity contribution >= 4 is 33.2 Å². The average molecular weight is 291 g/mol. The molecule has 1 aromatic heterocycles. The van der Waals surface area contributed by atoms with Gasteiger partial charge in [-0.25, -0.2) is 4.98 Å². The van der Waals surface area contributed by atoms with Gasteiger partial charge in [-0.2, -0.15) is 0 Å². The Hall–Kier alpha value is -0.420. The number of alkyl halides is 1. The highest BCUT2D eigenvalue weighted by Crippen LogP contribution is 2.11. The molecule has 84 valence electrons. The van der Waals surface area contributed by atoms with Crippen molar-refractivity contribution in [3.63, 3.8) is 0 Å². The highest BCUT2D eigenvalue weighted by Gasteiger charge is 2.11. The van der Waals surface area contributed by atoms with E-state index < -0.39 is 0 Å². The van der Waals surface area contributed by atoms with Crippen molar-refractivity contribution in [1.82, 2.24) is 10.3 Å². The van der Waals surface area contributed by atoms with Gasteiger partial charge in [-0.05, 0) is 26.7 Å². The average Bonchev–Trinajstić information content (AvgIpc) is 2.61. The van der Waals surface area contributed by atoms with Gasteiger partial charge in [-0.3, -0.25) is 4.79 Å². The van der Waals surface area contributed by atoms with Gasteiger partial charge in [0.25, 0.3) is 5.91 Å². The molecular weight excluding hydrogens is 276 g/mol. The number of carbonyl (C=O) groups is 1. The minimum atomic E-state index is -0.0114. The topological polar surface area (TPSA) is 42.0 Å². The van der Waals surface area contributed by atoms with Crippen molar-refractivity contribution in [2.45, 2.75) is 32.7 Å². The molecule has 1 N–H and O–H groups in total. The lowest BCUT2D eigenvalue weighted by Crippen LogP contribution is -2.32. The molecule has 1 heterocycles. The van der Waals surface area contributed by atoms with Gasteiger partial charge in [0.15, 0.2) is 0 Å². The molecule has 0 aliphatic rings. The largest absolute Gasteiger partial charge is 0.349 e. The van der Waals surface area contributed by atoms with Gasteiger partial charge in [0.1, 0.15) is 4.88 Å². The molecule has 0 aliphatic carbocycles. The number of nitrogens with one attached hydrogen (secondary N) is 1. The molecule has 1 unspecified atom stereocenters. The number of amides is 1. The van der Waals surface area contributed by atoms with E-state index in [1.807, 2.05) is 13.8 Å². The smallest absolute Gasteiger partial charge is 0.263 e. The first-order valence-electron chi connectivity index (χ1n) is 4.92. The number of thiazole rings is 1. The fourth-order valence-corrected chi connectivity index (χ4v) is 2.22. The van der Waals surface area contributed by atoms with Crippen LogP contribution in [-0.2, 0) is 0 Å². The fraction of sp³-hybridized carbons (Fsp3) is 0.600. The number of hydrogen-bond acceptors (Lipinski definition) is 3. The molecule has 5 heteroatoms. The molecule has 1 aromatic rings. The maximum atomic E-state index is 11.7. The van der Waals surface area contributed by atoms with Crippen LogP contribution in [0.1, 0.15) is 34.4 Å². The van der Waals surface area contributed by atoms with Gasteiger partial charge in [-0.15, -0.1) is 11.3 Å². The lowest BCUT2D eigenvalue weighted by Gasteiger charge is -2.11. The second kappa shape index (κ2) is 6.23. The fourth-order valence-electron chi connectivity index (χ4n) is 1.22. The summed E-state index contributed by atoms with van der Waals surface area (Å²) >= 11 is 4.80. The van der Waals surface area contributed by atoms with Crippen molar-refractivity contribution in [3.05, 3.63) is 16.1 Å². The summed E-state index contributed by atoms with van der Waals surface area (Å²) in [7, 11) is 0. The summed E-state index contributed by atoms with van der Waals surface area (Å²) in [6.07, 6.45) is 3.70. The third-order valence-electron chi connectivity index (χ3n) is 1.99. The molecule has 15 heavy (non-hydrogen) atoms. The van der Waals surface area contributed by atoms with Crippen LogP contribution in [0.4, 0.5) is 0 Å². The summed E-state index contributed by atoms with van der Waals surface area (Å²) in [4.78, 5) is 16.4. The number of hydrogen-bond donors (Lipinski definition) is 1. The van der Waals surface area contributed by atoms with E-state index in [1.54, 1.807) is 6.20 Å². The van der Waals surface area contributed by atoms with E-state index in [0.29, 0.717) is 4.88 Å². The molecule has 0 bridgehead atoms. The number of rotatable bonds is 5. The van der Waals surface area contributed by atoms with Crippen LogP contribution in [-0.4, -0.2) is 22.3 Å². The van der Waals surface area contributed by atoms with Crippen LogP contribution in [0.15, 0.2) is 6.20 Å². The summed E-state index contributed by atoms with van der Waals surface area (Å²) in [5, 5.41) is 4.86. The lowest BCUT2D eigenvalue weighted by atomic mass is 10.2. The monoisotopic (exact) mass is 290 g/mol. The standard InChI is InChI=1S/C10H15BrN2OS/c1-7(4-3-5-11)13-10(14)9-6-12-8(2)15-9/h6-7H,3-5H2,1-2H3,(H,13,14). The maximum Gasteiger partial charge on any atom is 0.263 e. The molecule has 0 aliphatic heterocycles. The Labute approximate surface area is 102 Å². The lowest BCUT2D eigenvalue weighted by molar-refractivity contribution is 0.0942. The zero-order valence-corrected chi connectivity index (χ0v) is 11.3. The van der Waals surface area contributed by atoms with Gasteiger partial charge < -0.3 is 5.32 Å². The Bertz CT molecular complexity index is 327. The van der Waals surface area contributed by atoms with Crippen LogP contribution in [0, 0.1) is 6.92 Å². The molecule has 1 atom stereocenters. The quantitative estimate of drug-likeness (QED) is 0.848. The maximum absolute atomic E-state index is 11.7. The zero-order valence-electron chi connectivity index (χ0n) is 8.92. The van der Waals surface area contributed by atoms with Crippen LogP contribution in [0.25, 0.3) is 0 Å². The first-order chi connectivity index (χ1) is 7.13. The SMILES string of the molecule is Cc1ncc(C(=O)NC(C)CCCBr)s1. The van der Waals surface area contributed by atoms with Crippen molar-refractivity contribution in [2.24, 2.45) is 0 Å². The molecule has 0 fully saturated rings. The van der Waals surface area contributed by atoms with Gasteiger partial charge in [0.2, 0.25) is 0 Å².